The Kier molecular flexibility index (Phi) is 5.84. The Balaban J connectivity index is 1.24. The number of nitrogens with one attached hydrogen (secondary N) is 1. The summed E-state index contributed by atoms with van der Waals surface area (Å²) in [6.45, 7) is 2.44. The highest BCUT2D eigenvalue weighted by Gasteiger charge is 2.25. The number of benzene rings is 1. The molecule has 0 radical (unpaired) electrons. The molecular weight excluding hydrogens is 418 g/mol. The predicted molar refractivity (Wildman–Crippen MR) is 122 cm³/mol. The molecule has 0 atom stereocenters. The topological polar surface area (TPSA) is 97.4 Å². The van der Waals surface area contributed by atoms with Gasteiger partial charge in [-0.2, -0.15) is 10.2 Å². The molecular formula is C24H25N7O2. The largest absolute Gasteiger partial charge is 0.350 e. The van der Waals surface area contributed by atoms with Crippen LogP contribution >= 0.6 is 0 Å². The maximum Gasteiger partial charge on any atom is 0.255 e. The van der Waals surface area contributed by atoms with Crippen LogP contribution in [0, 0.1) is 0 Å². The number of nitrogens with zero attached hydrogens (tertiary/aromatic N) is 6. The van der Waals surface area contributed by atoms with Gasteiger partial charge in [0.15, 0.2) is 0 Å². The van der Waals surface area contributed by atoms with Gasteiger partial charge in [0.05, 0.1) is 23.8 Å². The quantitative estimate of drug-likeness (QED) is 0.493. The predicted octanol–water partition coefficient (Wildman–Crippen LogP) is 2.38. The van der Waals surface area contributed by atoms with Crippen LogP contribution in [0.15, 0.2) is 67.5 Å². The molecule has 1 N–H and O–H groups in total. The van der Waals surface area contributed by atoms with E-state index in [4.69, 9.17) is 0 Å². The van der Waals surface area contributed by atoms with Crippen LogP contribution in [-0.2, 0) is 6.54 Å². The molecule has 1 aliphatic rings. The lowest BCUT2D eigenvalue weighted by Gasteiger charge is -2.32. The number of hydrogen-bond acceptors (Lipinski definition) is 5. The van der Waals surface area contributed by atoms with Gasteiger partial charge in [-0.3, -0.25) is 14.3 Å². The van der Waals surface area contributed by atoms with Crippen molar-refractivity contribution >= 4 is 17.3 Å². The average Bonchev–Trinajstić information content (AvgIpc) is 3.54. The van der Waals surface area contributed by atoms with Crippen LogP contribution in [0.5, 0.6) is 0 Å². The second-order valence-electron chi connectivity index (χ2n) is 8.20. The molecule has 0 saturated carbocycles. The number of carbonyl (C=O) groups excluding carboxylic acids is 2. The molecule has 4 aromatic rings. The number of amides is 2. The smallest absolute Gasteiger partial charge is 0.255 e. The van der Waals surface area contributed by atoms with Crippen molar-refractivity contribution in [1.29, 1.82) is 0 Å². The van der Waals surface area contributed by atoms with E-state index in [9.17, 15) is 9.59 Å². The van der Waals surface area contributed by atoms with E-state index in [-0.39, 0.29) is 11.8 Å². The van der Waals surface area contributed by atoms with Gasteiger partial charge in [-0.15, -0.1) is 0 Å². The van der Waals surface area contributed by atoms with Gasteiger partial charge in [0.25, 0.3) is 11.8 Å². The van der Waals surface area contributed by atoms with Crippen molar-refractivity contribution in [2.24, 2.45) is 0 Å². The molecule has 3 aromatic heterocycles. The normalized spacial score (nSPS) is 14.5. The fourth-order valence-corrected chi connectivity index (χ4v) is 4.33. The minimum Gasteiger partial charge on any atom is -0.350 e. The van der Waals surface area contributed by atoms with Crippen molar-refractivity contribution in [2.45, 2.75) is 25.3 Å². The molecule has 1 fully saturated rings. The highest BCUT2D eigenvalue weighted by molar-refractivity contribution is 6.00. The number of hydrogen-bond donors (Lipinski definition) is 1. The van der Waals surface area contributed by atoms with E-state index in [1.807, 2.05) is 41.4 Å². The van der Waals surface area contributed by atoms with Gasteiger partial charge in [-0.25, -0.2) is 9.50 Å². The number of likely N-dealkylation sites (tertiary alicyclic amines) is 1. The number of rotatable bonds is 6. The molecule has 0 aliphatic carbocycles. The lowest BCUT2D eigenvalue weighted by molar-refractivity contribution is 0.0712. The van der Waals surface area contributed by atoms with Gasteiger partial charge in [-0.05, 0) is 48.6 Å². The molecule has 0 bridgehead atoms. The lowest BCUT2D eigenvalue weighted by atomic mass is 9.89. The fourth-order valence-electron chi connectivity index (χ4n) is 4.33. The fraction of sp³-hybridized carbons (Fsp3) is 0.292. The summed E-state index contributed by atoms with van der Waals surface area (Å²) in [5, 5.41) is 11.3. The first kappa shape index (κ1) is 20.9. The number of carbonyl (C=O) groups is 2. The SMILES string of the molecule is O=C(NCCn1cncn1)c1cnn2ccc(C3CCN(C(=O)c4ccccc4)CC3)cc12. The number of piperidine rings is 1. The summed E-state index contributed by atoms with van der Waals surface area (Å²) in [7, 11) is 0. The zero-order valence-corrected chi connectivity index (χ0v) is 18.2. The van der Waals surface area contributed by atoms with Gasteiger partial charge >= 0.3 is 0 Å². The summed E-state index contributed by atoms with van der Waals surface area (Å²) in [4.78, 5) is 31.3. The zero-order chi connectivity index (χ0) is 22.6. The van der Waals surface area contributed by atoms with E-state index in [1.54, 1.807) is 21.7 Å². The average molecular weight is 444 g/mol. The zero-order valence-electron chi connectivity index (χ0n) is 18.2. The number of fused-ring (bicyclic) bond motifs is 1. The van der Waals surface area contributed by atoms with Crippen LogP contribution < -0.4 is 5.32 Å². The van der Waals surface area contributed by atoms with E-state index in [0.29, 0.717) is 24.6 Å². The maximum atomic E-state index is 12.7. The van der Waals surface area contributed by atoms with Crippen molar-refractivity contribution in [1.82, 2.24) is 34.6 Å². The minimum absolute atomic E-state index is 0.0881. The van der Waals surface area contributed by atoms with Crippen LogP contribution in [0.4, 0.5) is 0 Å². The van der Waals surface area contributed by atoms with Gasteiger partial charge in [0.2, 0.25) is 0 Å². The Hall–Kier alpha value is -4.01. The molecule has 33 heavy (non-hydrogen) atoms. The van der Waals surface area contributed by atoms with Gasteiger partial charge in [-0.1, -0.05) is 18.2 Å². The Morgan fingerprint density at radius 2 is 1.88 bits per heavy atom. The highest BCUT2D eigenvalue weighted by atomic mass is 16.2. The second kappa shape index (κ2) is 9.23. The van der Waals surface area contributed by atoms with E-state index >= 15 is 0 Å². The summed E-state index contributed by atoms with van der Waals surface area (Å²) in [5.41, 5.74) is 3.24. The molecule has 9 nitrogen and oxygen atoms in total. The summed E-state index contributed by atoms with van der Waals surface area (Å²) in [6, 6.07) is 13.5. The first-order valence-electron chi connectivity index (χ1n) is 11.1. The Morgan fingerprint density at radius 3 is 2.64 bits per heavy atom. The molecule has 4 heterocycles. The molecule has 1 aliphatic heterocycles. The summed E-state index contributed by atoms with van der Waals surface area (Å²) in [5.74, 6) is 0.267. The van der Waals surface area contributed by atoms with E-state index in [1.165, 1.54) is 11.9 Å². The lowest BCUT2D eigenvalue weighted by Crippen LogP contribution is -2.37. The minimum atomic E-state index is -0.162. The first-order chi connectivity index (χ1) is 16.2. The Labute approximate surface area is 191 Å². The van der Waals surface area contributed by atoms with Crippen LogP contribution in [0.3, 0.4) is 0 Å². The van der Waals surface area contributed by atoms with Crippen LogP contribution in [0.25, 0.3) is 5.52 Å². The summed E-state index contributed by atoms with van der Waals surface area (Å²) < 4.78 is 3.40. The van der Waals surface area contributed by atoms with Gasteiger partial charge < -0.3 is 10.2 Å². The molecule has 2 amide bonds. The summed E-state index contributed by atoms with van der Waals surface area (Å²) in [6.07, 6.45) is 8.37. The molecule has 5 rings (SSSR count). The molecule has 1 saturated heterocycles. The summed E-state index contributed by atoms with van der Waals surface area (Å²) >= 11 is 0. The Morgan fingerprint density at radius 1 is 1.06 bits per heavy atom. The maximum absolute atomic E-state index is 12.7. The molecule has 0 unspecified atom stereocenters. The Bertz CT molecular complexity index is 1240. The number of pyridine rings is 1. The van der Waals surface area contributed by atoms with Crippen molar-refractivity contribution in [2.75, 3.05) is 19.6 Å². The first-order valence-corrected chi connectivity index (χ1v) is 11.1. The van der Waals surface area contributed by atoms with Crippen molar-refractivity contribution in [3.8, 4) is 0 Å². The van der Waals surface area contributed by atoms with Crippen molar-refractivity contribution in [3.63, 3.8) is 0 Å². The van der Waals surface area contributed by atoms with E-state index < -0.39 is 0 Å². The third-order valence-electron chi connectivity index (χ3n) is 6.16. The molecule has 9 heteroatoms. The number of aromatic nitrogens is 5. The third-order valence-corrected chi connectivity index (χ3v) is 6.16. The van der Waals surface area contributed by atoms with E-state index in [0.717, 1.165) is 37.0 Å². The second-order valence-corrected chi connectivity index (χ2v) is 8.20. The third kappa shape index (κ3) is 4.48. The van der Waals surface area contributed by atoms with Gasteiger partial charge in [0, 0.05) is 31.4 Å². The molecule has 1 aromatic carbocycles. The standard InChI is InChI=1S/C24H25N7O2/c32-23(26-9-13-30-17-25-16-28-30)21-15-27-31-12-8-20(14-22(21)31)18-6-10-29(11-7-18)24(33)19-4-2-1-3-5-19/h1-5,8,12,14-18H,6-7,9-11,13H2,(H,26,32). The van der Waals surface area contributed by atoms with Gasteiger partial charge in [0.1, 0.15) is 12.7 Å². The molecule has 0 spiro atoms. The molecule has 168 valence electrons. The van der Waals surface area contributed by atoms with E-state index in [2.05, 4.69) is 32.6 Å². The van der Waals surface area contributed by atoms with Crippen LogP contribution in [0.2, 0.25) is 0 Å². The van der Waals surface area contributed by atoms with Crippen LogP contribution in [-0.4, -0.2) is 60.7 Å². The van der Waals surface area contributed by atoms with Crippen molar-refractivity contribution in [3.05, 3.63) is 84.2 Å². The van der Waals surface area contributed by atoms with Crippen LogP contribution in [0.1, 0.15) is 45.0 Å². The highest BCUT2D eigenvalue weighted by Crippen LogP contribution is 2.30. The van der Waals surface area contributed by atoms with Crippen molar-refractivity contribution < 1.29 is 9.59 Å². The monoisotopic (exact) mass is 443 g/mol.